The summed E-state index contributed by atoms with van der Waals surface area (Å²) in [5.74, 6) is -0.625. The van der Waals surface area contributed by atoms with Crippen LogP contribution in [0.1, 0.15) is 18.4 Å². The number of benzene rings is 1. The molecule has 1 heterocycles. The van der Waals surface area contributed by atoms with Crippen LogP contribution < -0.4 is 5.73 Å². The van der Waals surface area contributed by atoms with Gasteiger partial charge < -0.3 is 10.8 Å². The molecule has 0 amide bonds. The summed E-state index contributed by atoms with van der Waals surface area (Å²) in [5.41, 5.74) is 7.08. The lowest BCUT2D eigenvalue weighted by Crippen LogP contribution is -2.47. The van der Waals surface area contributed by atoms with Gasteiger partial charge in [0.25, 0.3) is 0 Å². The van der Waals surface area contributed by atoms with Gasteiger partial charge in [-0.15, -0.1) is 0 Å². The lowest BCUT2D eigenvalue weighted by molar-refractivity contribution is -0.138. The van der Waals surface area contributed by atoms with Gasteiger partial charge in [0.1, 0.15) is 0 Å². The van der Waals surface area contributed by atoms with Gasteiger partial charge in [-0.3, -0.25) is 9.69 Å². The molecule has 1 fully saturated rings. The molecule has 0 aliphatic carbocycles. The zero-order valence-electron chi connectivity index (χ0n) is 10.8. The van der Waals surface area contributed by atoms with E-state index in [4.69, 9.17) is 22.4 Å². The standard InChI is InChI=1S/C14H19ClN2O2/c15-13-4-2-1-3-11(13)8-17-7-10(6-14(18)19)5-12(16)9-17/h1-4,10,12H,5-9,16H2,(H,18,19). The van der Waals surface area contributed by atoms with Crippen molar-refractivity contribution in [2.45, 2.75) is 25.4 Å². The number of piperidine rings is 1. The van der Waals surface area contributed by atoms with Gasteiger partial charge in [-0.05, 0) is 24.0 Å². The Labute approximate surface area is 118 Å². The molecule has 2 atom stereocenters. The van der Waals surface area contributed by atoms with Crippen molar-refractivity contribution in [2.24, 2.45) is 11.7 Å². The molecule has 1 aliphatic rings. The minimum Gasteiger partial charge on any atom is -0.481 e. The lowest BCUT2D eigenvalue weighted by atomic mass is 9.91. The molecule has 4 nitrogen and oxygen atoms in total. The van der Waals surface area contributed by atoms with Crippen LogP contribution >= 0.6 is 11.6 Å². The van der Waals surface area contributed by atoms with Gasteiger partial charge in [-0.25, -0.2) is 0 Å². The maximum atomic E-state index is 10.8. The maximum Gasteiger partial charge on any atom is 0.303 e. The molecule has 0 radical (unpaired) electrons. The van der Waals surface area contributed by atoms with E-state index in [-0.39, 0.29) is 18.4 Å². The lowest BCUT2D eigenvalue weighted by Gasteiger charge is -2.35. The molecule has 2 unspecified atom stereocenters. The number of carbonyl (C=O) groups is 1. The molecule has 2 rings (SSSR count). The van der Waals surface area contributed by atoms with Crippen LogP contribution in [0.5, 0.6) is 0 Å². The van der Waals surface area contributed by atoms with Crippen molar-refractivity contribution in [1.29, 1.82) is 0 Å². The number of likely N-dealkylation sites (tertiary alicyclic amines) is 1. The topological polar surface area (TPSA) is 66.6 Å². The first-order valence-corrected chi connectivity index (χ1v) is 6.85. The fraction of sp³-hybridized carbons (Fsp3) is 0.500. The van der Waals surface area contributed by atoms with E-state index in [2.05, 4.69) is 4.90 Å². The molecule has 1 aromatic carbocycles. The molecule has 0 spiro atoms. The summed E-state index contributed by atoms with van der Waals surface area (Å²) < 4.78 is 0. The van der Waals surface area contributed by atoms with E-state index in [0.29, 0.717) is 0 Å². The largest absolute Gasteiger partial charge is 0.481 e. The molecule has 5 heteroatoms. The molecule has 0 aromatic heterocycles. The number of hydrogen-bond donors (Lipinski definition) is 2. The second-order valence-electron chi connectivity index (χ2n) is 5.25. The second kappa shape index (κ2) is 6.37. The summed E-state index contributed by atoms with van der Waals surface area (Å²) in [4.78, 5) is 13.0. The van der Waals surface area contributed by atoms with Crippen LogP contribution in [-0.4, -0.2) is 35.1 Å². The van der Waals surface area contributed by atoms with Crippen LogP contribution in [0.15, 0.2) is 24.3 Å². The highest BCUT2D eigenvalue weighted by atomic mass is 35.5. The number of nitrogens with zero attached hydrogens (tertiary/aromatic N) is 1. The molecule has 0 bridgehead atoms. The summed E-state index contributed by atoms with van der Waals surface area (Å²) in [6.07, 6.45) is 0.970. The first-order chi connectivity index (χ1) is 9.04. The average Bonchev–Trinajstić information content (AvgIpc) is 2.30. The zero-order chi connectivity index (χ0) is 13.8. The highest BCUT2D eigenvalue weighted by molar-refractivity contribution is 6.31. The molecule has 19 heavy (non-hydrogen) atoms. The first kappa shape index (κ1) is 14.3. The van der Waals surface area contributed by atoms with Gasteiger partial charge in [-0.2, -0.15) is 0 Å². The van der Waals surface area contributed by atoms with E-state index in [1.54, 1.807) is 0 Å². The van der Waals surface area contributed by atoms with E-state index >= 15 is 0 Å². The summed E-state index contributed by atoms with van der Waals surface area (Å²) in [7, 11) is 0. The smallest absolute Gasteiger partial charge is 0.303 e. The first-order valence-electron chi connectivity index (χ1n) is 6.47. The van der Waals surface area contributed by atoms with Crippen molar-refractivity contribution in [3.8, 4) is 0 Å². The Balaban J connectivity index is 2.00. The number of aliphatic carboxylic acids is 1. The molecule has 1 aliphatic heterocycles. The fourth-order valence-corrected chi connectivity index (χ4v) is 2.94. The summed E-state index contributed by atoms with van der Waals surface area (Å²) >= 11 is 6.15. The van der Waals surface area contributed by atoms with Gasteiger partial charge in [0, 0.05) is 37.1 Å². The summed E-state index contributed by atoms with van der Waals surface area (Å²) in [6.45, 7) is 2.29. The van der Waals surface area contributed by atoms with E-state index < -0.39 is 5.97 Å². The van der Waals surface area contributed by atoms with Crippen molar-refractivity contribution in [3.63, 3.8) is 0 Å². The van der Waals surface area contributed by atoms with Crippen LogP contribution in [0.25, 0.3) is 0 Å². The van der Waals surface area contributed by atoms with Gasteiger partial charge in [0.2, 0.25) is 0 Å². The van der Waals surface area contributed by atoms with E-state index in [9.17, 15) is 4.79 Å². The Bertz CT molecular complexity index is 453. The van der Waals surface area contributed by atoms with Crippen LogP contribution in [0.4, 0.5) is 0 Å². The van der Waals surface area contributed by atoms with Crippen molar-refractivity contribution in [1.82, 2.24) is 4.90 Å². The van der Waals surface area contributed by atoms with Crippen molar-refractivity contribution in [3.05, 3.63) is 34.9 Å². The monoisotopic (exact) mass is 282 g/mol. The number of hydrogen-bond acceptors (Lipinski definition) is 3. The molecular weight excluding hydrogens is 264 g/mol. The predicted octanol–water partition coefficient (Wildman–Crippen LogP) is 1.96. The Kier molecular flexibility index (Phi) is 4.80. The maximum absolute atomic E-state index is 10.8. The molecule has 0 saturated carbocycles. The van der Waals surface area contributed by atoms with Gasteiger partial charge in [0.15, 0.2) is 0 Å². The Hall–Kier alpha value is -1.10. The number of rotatable bonds is 4. The van der Waals surface area contributed by atoms with Crippen LogP contribution in [0, 0.1) is 5.92 Å². The highest BCUT2D eigenvalue weighted by Crippen LogP contribution is 2.23. The molecule has 3 N–H and O–H groups in total. The predicted molar refractivity (Wildman–Crippen MR) is 75.1 cm³/mol. The van der Waals surface area contributed by atoms with Gasteiger partial charge >= 0.3 is 5.97 Å². The number of carboxylic acid groups (broad SMARTS) is 1. The Morgan fingerprint density at radius 2 is 2.16 bits per heavy atom. The minimum absolute atomic E-state index is 0.0422. The minimum atomic E-state index is -0.753. The molecule has 104 valence electrons. The van der Waals surface area contributed by atoms with Crippen LogP contribution in [0.3, 0.4) is 0 Å². The van der Waals surface area contributed by atoms with E-state index in [0.717, 1.165) is 36.6 Å². The summed E-state index contributed by atoms with van der Waals surface area (Å²) in [6, 6.07) is 7.77. The average molecular weight is 283 g/mol. The highest BCUT2D eigenvalue weighted by Gasteiger charge is 2.26. The molecular formula is C14H19ClN2O2. The van der Waals surface area contributed by atoms with Gasteiger partial charge in [0.05, 0.1) is 0 Å². The zero-order valence-corrected chi connectivity index (χ0v) is 11.5. The third-order valence-corrected chi connectivity index (χ3v) is 3.83. The Morgan fingerprint density at radius 3 is 2.84 bits per heavy atom. The Morgan fingerprint density at radius 1 is 1.42 bits per heavy atom. The summed E-state index contributed by atoms with van der Waals surface area (Å²) in [5, 5.41) is 9.64. The fourth-order valence-electron chi connectivity index (χ4n) is 2.74. The number of halogens is 1. The second-order valence-corrected chi connectivity index (χ2v) is 5.65. The van der Waals surface area contributed by atoms with E-state index in [1.807, 2.05) is 24.3 Å². The third kappa shape index (κ3) is 4.20. The normalized spacial score (nSPS) is 24.3. The number of nitrogens with two attached hydrogens (primary N) is 1. The SMILES string of the molecule is NC1CC(CC(=O)O)CN(Cc2ccccc2Cl)C1. The van der Waals surface area contributed by atoms with Crippen molar-refractivity contribution < 1.29 is 9.90 Å². The van der Waals surface area contributed by atoms with Crippen molar-refractivity contribution >= 4 is 17.6 Å². The van der Waals surface area contributed by atoms with Crippen molar-refractivity contribution in [2.75, 3.05) is 13.1 Å². The number of carboxylic acids is 1. The molecule has 1 aromatic rings. The van der Waals surface area contributed by atoms with Crippen LogP contribution in [0.2, 0.25) is 5.02 Å². The van der Waals surface area contributed by atoms with Gasteiger partial charge in [-0.1, -0.05) is 29.8 Å². The van der Waals surface area contributed by atoms with Crippen LogP contribution in [-0.2, 0) is 11.3 Å². The van der Waals surface area contributed by atoms with E-state index in [1.165, 1.54) is 0 Å². The third-order valence-electron chi connectivity index (χ3n) is 3.46. The quantitative estimate of drug-likeness (QED) is 0.886. The molecule has 1 saturated heterocycles.